The van der Waals surface area contributed by atoms with Gasteiger partial charge in [0.2, 0.25) is 5.91 Å². The van der Waals surface area contributed by atoms with Crippen LogP contribution in [-0.2, 0) is 4.79 Å². The van der Waals surface area contributed by atoms with E-state index in [0.717, 1.165) is 31.7 Å². The van der Waals surface area contributed by atoms with Gasteiger partial charge in [0.25, 0.3) is 0 Å². The van der Waals surface area contributed by atoms with Crippen LogP contribution in [0.4, 0.5) is 5.82 Å². The molecular formula is C17H23N5OS. The normalized spacial score (nSPS) is 19.0. The summed E-state index contributed by atoms with van der Waals surface area (Å²) >= 11 is 1.66. The van der Waals surface area contributed by atoms with Gasteiger partial charge < -0.3 is 15.5 Å². The summed E-state index contributed by atoms with van der Waals surface area (Å²) in [6.45, 7) is 4.19. The molecule has 128 valence electrons. The summed E-state index contributed by atoms with van der Waals surface area (Å²) in [6, 6.07) is 8.28. The van der Waals surface area contributed by atoms with E-state index in [-0.39, 0.29) is 11.9 Å². The third-order valence-electron chi connectivity index (χ3n) is 4.20. The van der Waals surface area contributed by atoms with E-state index in [9.17, 15) is 4.79 Å². The van der Waals surface area contributed by atoms with Crippen molar-refractivity contribution in [3.8, 4) is 0 Å². The van der Waals surface area contributed by atoms with Crippen molar-refractivity contribution in [1.29, 1.82) is 0 Å². The van der Waals surface area contributed by atoms with Crippen LogP contribution in [-0.4, -0.2) is 41.8 Å². The average molecular weight is 345 g/mol. The Hall–Kier alpha value is -1.99. The van der Waals surface area contributed by atoms with Crippen LogP contribution in [0.15, 0.2) is 35.8 Å². The van der Waals surface area contributed by atoms with Gasteiger partial charge in [-0.05, 0) is 43.3 Å². The van der Waals surface area contributed by atoms with Crippen LogP contribution in [0.5, 0.6) is 0 Å². The maximum atomic E-state index is 12.1. The molecule has 1 saturated heterocycles. The smallest absolute Gasteiger partial charge is 0.234 e. The fourth-order valence-corrected chi connectivity index (χ4v) is 3.69. The average Bonchev–Trinajstić information content (AvgIpc) is 3.16. The van der Waals surface area contributed by atoms with Crippen molar-refractivity contribution in [2.45, 2.75) is 31.8 Å². The van der Waals surface area contributed by atoms with E-state index in [4.69, 9.17) is 0 Å². The molecule has 3 heterocycles. The summed E-state index contributed by atoms with van der Waals surface area (Å²) in [7, 11) is 0. The van der Waals surface area contributed by atoms with E-state index in [1.807, 2.05) is 36.6 Å². The second-order valence-corrected chi connectivity index (χ2v) is 7.03. The molecule has 0 aliphatic carbocycles. The molecule has 2 N–H and O–H groups in total. The van der Waals surface area contributed by atoms with E-state index in [1.54, 1.807) is 17.5 Å². The van der Waals surface area contributed by atoms with Gasteiger partial charge in [-0.25, -0.2) is 0 Å². The largest absolute Gasteiger partial charge is 0.354 e. The topological polar surface area (TPSA) is 70.2 Å². The number of carbonyl (C=O) groups excluding carboxylic acids is 1. The minimum absolute atomic E-state index is 0.0347. The Morgan fingerprint density at radius 1 is 1.46 bits per heavy atom. The molecule has 0 radical (unpaired) electrons. The Kier molecular flexibility index (Phi) is 5.77. The number of piperidine rings is 1. The maximum Gasteiger partial charge on any atom is 0.234 e. The molecule has 2 aromatic heterocycles. The number of thiophene rings is 1. The standard InChI is InChI=1S/C17H23N5OS/c1-13(15-6-4-10-24-15)20-17(23)11-18-14-5-3-9-22(12-14)16-7-2-8-19-21-16/h2,4,6-8,10,13-14,18H,3,5,9,11-12H2,1H3,(H,20,23)/t13-,14-/m0/s1. The Morgan fingerprint density at radius 3 is 3.12 bits per heavy atom. The number of aromatic nitrogens is 2. The molecule has 2 aromatic rings. The number of anilines is 1. The molecule has 7 heteroatoms. The molecule has 1 aliphatic heterocycles. The number of nitrogens with zero attached hydrogens (tertiary/aromatic N) is 3. The van der Waals surface area contributed by atoms with Crippen molar-refractivity contribution >= 4 is 23.1 Å². The lowest BCUT2D eigenvalue weighted by atomic mass is 10.1. The highest BCUT2D eigenvalue weighted by molar-refractivity contribution is 7.10. The zero-order valence-electron chi connectivity index (χ0n) is 13.8. The lowest BCUT2D eigenvalue weighted by Crippen LogP contribution is -2.49. The van der Waals surface area contributed by atoms with Crippen LogP contribution >= 0.6 is 11.3 Å². The first kappa shape index (κ1) is 16.9. The predicted molar refractivity (Wildman–Crippen MR) is 96.1 cm³/mol. The van der Waals surface area contributed by atoms with Gasteiger partial charge >= 0.3 is 0 Å². The van der Waals surface area contributed by atoms with Crippen molar-refractivity contribution in [3.05, 3.63) is 40.7 Å². The Balaban J connectivity index is 1.45. The van der Waals surface area contributed by atoms with Gasteiger partial charge in [0.15, 0.2) is 5.82 Å². The highest BCUT2D eigenvalue weighted by Gasteiger charge is 2.21. The molecule has 0 spiro atoms. The minimum atomic E-state index is 0.0347. The fraction of sp³-hybridized carbons (Fsp3) is 0.471. The van der Waals surface area contributed by atoms with Gasteiger partial charge in [-0.1, -0.05) is 6.07 Å². The molecule has 0 bridgehead atoms. The van der Waals surface area contributed by atoms with Crippen LogP contribution in [0, 0.1) is 0 Å². The van der Waals surface area contributed by atoms with E-state index in [2.05, 4.69) is 25.7 Å². The molecule has 6 nitrogen and oxygen atoms in total. The second kappa shape index (κ2) is 8.21. The van der Waals surface area contributed by atoms with Crippen LogP contribution in [0.2, 0.25) is 0 Å². The van der Waals surface area contributed by atoms with Crippen molar-refractivity contribution < 1.29 is 4.79 Å². The molecule has 1 aliphatic rings. The highest BCUT2D eigenvalue weighted by Crippen LogP contribution is 2.18. The van der Waals surface area contributed by atoms with Gasteiger partial charge in [0, 0.05) is 30.2 Å². The third-order valence-corrected chi connectivity index (χ3v) is 5.26. The summed E-state index contributed by atoms with van der Waals surface area (Å²) in [5.41, 5.74) is 0. The van der Waals surface area contributed by atoms with Gasteiger partial charge in [-0.15, -0.1) is 16.4 Å². The molecule has 3 rings (SSSR count). The quantitative estimate of drug-likeness (QED) is 0.838. The van der Waals surface area contributed by atoms with Gasteiger partial charge in [0.1, 0.15) is 0 Å². The summed E-state index contributed by atoms with van der Waals surface area (Å²) in [4.78, 5) is 15.5. The Morgan fingerprint density at radius 2 is 2.38 bits per heavy atom. The number of hydrogen-bond donors (Lipinski definition) is 2. The fourth-order valence-electron chi connectivity index (χ4n) is 2.95. The SMILES string of the molecule is C[C@H](NC(=O)CN[C@H]1CCCN(c2cccnn2)C1)c1cccs1. The van der Waals surface area contributed by atoms with Crippen LogP contribution in [0.3, 0.4) is 0 Å². The summed E-state index contributed by atoms with van der Waals surface area (Å²) in [6.07, 6.45) is 3.84. The zero-order valence-corrected chi connectivity index (χ0v) is 14.6. The summed E-state index contributed by atoms with van der Waals surface area (Å²) < 4.78 is 0. The van der Waals surface area contributed by atoms with Crippen LogP contribution in [0.1, 0.15) is 30.7 Å². The Bertz CT molecular complexity index is 634. The zero-order chi connectivity index (χ0) is 16.8. The van der Waals surface area contributed by atoms with Gasteiger partial charge in [-0.3, -0.25) is 4.79 Å². The number of nitrogens with one attached hydrogen (secondary N) is 2. The monoisotopic (exact) mass is 345 g/mol. The molecule has 0 aromatic carbocycles. The first-order valence-electron chi connectivity index (χ1n) is 8.31. The second-order valence-electron chi connectivity index (χ2n) is 6.05. The number of hydrogen-bond acceptors (Lipinski definition) is 6. The van der Waals surface area contributed by atoms with Crippen molar-refractivity contribution in [2.24, 2.45) is 0 Å². The van der Waals surface area contributed by atoms with E-state index in [1.165, 1.54) is 4.88 Å². The number of rotatable bonds is 6. The Labute approximate surface area is 146 Å². The maximum absolute atomic E-state index is 12.1. The number of carbonyl (C=O) groups is 1. The van der Waals surface area contributed by atoms with Gasteiger partial charge in [-0.2, -0.15) is 5.10 Å². The van der Waals surface area contributed by atoms with Crippen molar-refractivity contribution in [2.75, 3.05) is 24.5 Å². The van der Waals surface area contributed by atoms with E-state index < -0.39 is 0 Å². The van der Waals surface area contributed by atoms with Crippen LogP contribution < -0.4 is 15.5 Å². The molecular weight excluding hydrogens is 322 g/mol. The van der Waals surface area contributed by atoms with Crippen molar-refractivity contribution in [1.82, 2.24) is 20.8 Å². The first-order chi connectivity index (χ1) is 11.7. The van der Waals surface area contributed by atoms with E-state index in [0.29, 0.717) is 12.6 Å². The predicted octanol–water partition coefficient (Wildman–Crippen LogP) is 1.97. The summed E-state index contributed by atoms with van der Waals surface area (Å²) in [5, 5.41) is 16.5. The molecule has 0 saturated carbocycles. The highest BCUT2D eigenvalue weighted by atomic mass is 32.1. The first-order valence-corrected chi connectivity index (χ1v) is 9.19. The van der Waals surface area contributed by atoms with Crippen molar-refractivity contribution in [3.63, 3.8) is 0 Å². The van der Waals surface area contributed by atoms with E-state index >= 15 is 0 Å². The van der Waals surface area contributed by atoms with Gasteiger partial charge in [0.05, 0.1) is 12.6 Å². The molecule has 1 amide bonds. The third kappa shape index (κ3) is 4.52. The lowest BCUT2D eigenvalue weighted by molar-refractivity contribution is -0.121. The summed E-state index contributed by atoms with van der Waals surface area (Å²) in [5.74, 6) is 0.937. The molecule has 2 atom stereocenters. The lowest BCUT2D eigenvalue weighted by Gasteiger charge is -2.33. The molecule has 0 unspecified atom stereocenters. The van der Waals surface area contributed by atoms with Crippen LogP contribution in [0.25, 0.3) is 0 Å². The molecule has 1 fully saturated rings. The molecule has 24 heavy (non-hydrogen) atoms. The number of amides is 1. The minimum Gasteiger partial charge on any atom is -0.354 e.